The second-order valence-corrected chi connectivity index (χ2v) is 8.22. The molecule has 0 aliphatic heterocycles. The summed E-state index contributed by atoms with van der Waals surface area (Å²) in [4.78, 5) is 44.8. The van der Waals surface area contributed by atoms with Crippen LogP contribution in [-0.4, -0.2) is 41.0 Å². The Bertz CT molecular complexity index is 1220. The zero-order valence-electron chi connectivity index (χ0n) is 18.2. The number of hydrogen-bond acceptors (Lipinski definition) is 7. The van der Waals surface area contributed by atoms with Crippen LogP contribution in [0.5, 0.6) is 0 Å². The molecule has 0 fully saturated rings. The lowest BCUT2D eigenvalue weighted by molar-refractivity contribution is -0.137. The van der Waals surface area contributed by atoms with Gasteiger partial charge in [-0.05, 0) is 23.3 Å². The van der Waals surface area contributed by atoms with Crippen molar-refractivity contribution in [3.8, 4) is 10.4 Å². The number of aliphatic carboxylic acids is 1. The summed E-state index contributed by atoms with van der Waals surface area (Å²) in [6.45, 7) is 0. The number of amides is 1. The maximum atomic E-state index is 12.7. The monoisotopic (exact) mass is 481 g/mol. The van der Waals surface area contributed by atoms with Gasteiger partial charge in [-0.25, -0.2) is 9.78 Å². The number of carboxylic acids is 1. The van der Waals surface area contributed by atoms with Crippen LogP contribution in [0.25, 0.3) is 10.4 Å². The van der Waals surface area contributed by atoms with Gasteiger partial charge in [-0.1, -0.05) is 53.8 Å². The number of esters is 1. The maximum Gasteiger partial charge on any atom is 0.358 e. The fourth-order valence-electron chi connectivity index (χ4n) is 3.32. The van der Waals surface area contributed by atoms with Gasteiger partial charge in [0, 0.05) is 18.0 Å². The molecule has 34 heavy (non-hydrogen) atoms. The number of carboxylic acid groups (broad SMARTS) is 1. The molecule has 6 N–H and O–H groups in total. The highest BCUT2D eigenvalue weighted by Crippen LogP contribution is 2.36. The number of thiazole rings is 1. The topological polar surface area (TPSA) is 170 Å². The van der Waals surface area contributed by atoms with Gasteiger partial charge in [0.1, 0.15) is 0 Å². The summed E-state index contributed by atoms with van der Waals surface area (Å²) in [7, 11) is 1.24. The van der Waals surface area contributed by atoms with E-state index < -0.39 is 17.9 Å². The van der Waals surface area contributed by atoms with Gasteiger partial charge in [-0.2, -0.15) is 4.99 Å². The van der Waals surface area contributed by atoms with Crippen molar-refractivity contribution in [3.05, 3.63) is 65.9 Å². The summed E-state index contributed by atoms with van der Waals surface area (Å²) in [6, 6.07) is 15.8. The van der Waals surface area contributed by atoms with E-state index in [-0.39, 0.29) is 35.5 Å². The quantitative estimate of drug-likeness (QED) is 0.205. The third kappa shape index (κ3) is 6.39. The minimum Gasteiger partial charge on any atom is -0.481 e. The Morgan fingerprint density at radius 2 is 1.85 bits per heavy atom. The molecule has 1 atom stereocenters. The van der Waals surface area contributed by atoms with Crippen LogP contribution >= 0.6 is 11.3 Å². The molecule has 3 aromatic rings. The summed E-state index contributed by atoms with van der Waals surface area (Å²) in [5.74, 6) is -2.66. The first-order valence-corrected chi connectivity index (χ1v) is 10.9. The van der Waals surface area contributed by atoms with Crippen molar-refractivity contribution in [1.29, 1.82) is 0 Å². The van der Waals surface area contributed by atoms with E-state index in [9.17, 15) is 19.5 Å². The minimum atomic E-state index is -0.985. The van der Waals surface area contributed by atoms with Gasteiger partial charge in [-0.15, -0.1) is 0 Å². The minimum absolute atomic E-state index is 0.0108. The number of aliphatic imine (C=N–C) groups is 1. The molecule has 3 rings (SSSR count). The zero-order chi connectivity index (χ0) is 24.7. The number of rotatable bonds is 9. The smallest absolute Gasteiger partial charge is 0.358 e. The van der Waals surface area contributed by atoms with Crippen molar-refractivity contribution in [2.75, 3.05) is 12.4 Å². The van der Waals surface area contributed by atoms with Gasteiger partial charge in [0.05, 0.1) is 18.4 Å². The van der Waals surface area contributed by atoms with Crippen LogP contribution in [0.2, 0.25) is 0 Å². The lowest BCUT2D eigenvalue weighted by atomic mass is 9.92. The Hall–Kier alpha value is -4.25. The number of guanidine groups is 1. The van der Waals surface area contributed by atoms with Crippen molar-refractivity contribution in [2.45, 2.75) is 18.8 Å². The van der Waals surface area contributed by atoms with Gasteiger partial charge in [0.15, 0.2) is 11.7 Å². The van der Waals surface area contributed by atoms with Crippen LogP contribution < -0.4 is 16.8 Å². The number of methoxy groups -OCH3 is 1. The lowest BCUT2D eigenvalue weighted by Crippen LogP contribution is -2.21. The number of hydrogen-bond donors (Lipinski definition) is 4. The molecule has 1 unspecified atom stereocenters. The number of ether oxygens (including phenoxy) is 1. The Balaban J connectivity index is 1.84. The van der Waals surface area contributed by atoms with E-state index in [1.165, 1.54) is 7.11 Å². The Labute approximate surface area is 199 Å². The first-order chi connectivity index (χ1) is 16.3. The summed E-state index contributed by atoms with van der Waals surface area (Å²) in [6.07, 6.45) is -0.183. The largest absolute Gasteiger partial charge is 0.481 e. The number of aromatic nitrogens is 1. The van der Waals surface area contributed by atoms with E-state index in [4.69, 9.17) is 16.2 Å². The molecular weight excluding hydrogens is 458 g/mol. The molecule has 0 saturated carbocycles. The first kappa shape index (κ1) is 24.4. The summed E-state index contributed by atoms with van der Waals surface area (Å²) >= 11 is 1.09. The van der Waals surface area contributed by atoms with Crippen LogP contribution in [0.4, 0.5) is 10.8 Å². The van der Waals surface area contributed by atoms with E-state index >= 15 is 0 Å². The molecule has 0 aliphatic carbocycles. The van der Waals surface area contributed by atoms with Crippen molar-refractivity contribution in [2.24, 2.45) is 16.5 Å². The summed E-state index contributed by atoms with van der Waals surface area (Å²) < 4.78 is 4.81. The predicted octanol–water partition coefficient (Wildman–Crippen LogP) is 3.09. The molecule has 0 spiro atoms. The molecule has 0 aliphatic rings. The molecule has 0 bridgehead atoms. The highest BCUT2D eigenvalue weighted by Gasteiger charge is 2.22. The van der Waals surface area contributed by atoms with Gasteiger partial charge >= 0.3 is 11.9 Å². The number of nitrogens with two attached hydrogens (primary N) is 2. The number of carbonyl (C=O) groups is 3. The number of nitrogens with one attached hydrogen (secondary N) is 1. The van der Waals surface area contributed by atoms with Crippen molar-refractivity contribution >= 4 is 46.0 Å². The molecule has 11 heteroatoms. The van der Waals surface area contributed by atoms with Crippen LogP contribution in [0.15, 0.2) is 59.6 Å². The summed E-state index contributed by atoms with van der Waals surface area (Å²) in [5, 5.41) is 12.2. The molecular formula is C23H23N5O5S. The van der Waals surface area contributed by atoms with Gasteiger partial charge in [0.2, 0.25) is 11.0 Å². The van der Waals surface area contributed by atoms with E-state index in [1.807, 2.05) is 6.07 Å². The fraction of sp³-hybridized carbons (Fsp3) is 0.174. The predicted molar refractivity (Wildman–Crippen MR) is 129 cm³/mol. The lowest BCUT2D eigenvalue weighted by Gasteiger charge is -2.15. The van der Waals surface area contributed by atoms with Crippen molar-refractivity contribution in [3.63, 3.8) is 0 Å². The zero-order valence-corrected chi connectivity index (χ0v) is 19.0. The number of carbonyl (C=O) groups excluding carboxylic acids is 2. The molecule has 1 aromatic heterocycles. The average molecular weight is 482 g/mol. The maximum absolute atomic E-state index is 12.7. The van der Waals surface area contributed by atoms with Crippen molar-refractivity contribution in [1.82, 2.24) is 4.98 Å². The first-order valence-electron chi connectivity index (χ1n) is 10.1. The van der Waals surface area contributed by atoms with Crippen LogP contribution in [0.3, 0.4) is 0 Å². The Kier molecular flexibility index (Phi) is 7.93. The molecule has 176 valence electrons. The van der Waals surface area contributed by atoms with Gasteiger partial charge < -0.3 is 26.6 Å². The van der Waals surface area contributed by atoms with E-state index in [0.29, 0.717) is 16.1 Å². The second-order valence-electron chi connectivity index (χ2n) is 7.24. The number of anilines is 1. The Morgan fingerprint density at radius 1 is 1.12 bits per heavy atom. The van der Waals surface area contributed by atoms with Crippen LogP contribution in [0.1, 0.15) is 34.8 Å². The molecule has 1 heterocycles. The molecule has 10 nitrogen and oxygen atoms in total. The van der Waals surface area contributed by atoms with Crippen LogP contribution in [0, 0.1) is 0 Å². The normalized spacial score (nSPS) is 11.3. The van der Waals surface area contributed by atoms with Crippen LogP contribution in [-0.2, 0) is 14.3 Å². The number of nitrogens with zero attached hydrogens (tertiary/aromatic N) is 2. The molecule has 0 radical (unpaired) electrons. The average Bonchev–Trinajstić information content (AvgIpc) is 3.21. The highest BCUT2D eigenvalue weighted by molar-refractivity contribution is 7.19. The fourth-order valence-corrected chi connectivity index (χ4v) is 4.26. The van der Waals surface area contributed by atoms with E-state index in [1.54, 1.807) is 48.5 Å². The Morgan fingerprint density at radius 3 is 2.50 bits per heavy atom. The standard InChI is InChI=1S/C23H23N5O5S/c1-33-21(32)19-20(34-23(27-19)28-22(24)25)14-8-5-9-16(10-14)26-17(29)11-15(12-18(30)31)13-6-3-2-4-7-13/h2-10,15H,11-12H2,1H3,(H,26,29)(H,30,31)(H4,24,25,27,28). The third-order valence-electron chi connectivity index (χ3n) is 4.75. The summed E-state index contributed by atoms with van der Waals surface area (Å²) in [5.41, 5.74) is 12.7. The van der Waals surface area contributed by atoms with Gasteiger partial charge in [0.25, 0.3) is 0 Å². The van der Waals surface area contributed by atoms with E-state index in [0.717, 1.165) is 16.9 Å². The second kappa shape index (κ2) is 11.1. The van der Waals surface area contributed by atoms with Gasteiger partial charge in [-0.3, -0.25) is 9.59 Å². The third-order valence-corrected chi connectivity index (χ3v) is 5.75. The molecule has 1 amide bonds. The van der Waals surface area contributed by atoms with Crippen molar-refractivity contribution < 1.29 is 24.2 Å². The highest BCUT2D eigenvalue weighted by atomic mass is 32.1. The SMILES string of the molecule is COC(=O)c1nc(N=C(N)N)sc1-c1cccc(NC(=O)CC(CC(=O)O)c2ccccc2)c1. The molecule has 2 aromatic carbocycles. The van der Waals surface area contributed by atoms with E-state index in [2.05, 4.69) is 15.3 Å². The molecule has 0 saturated heterocycles. The number of benzene rings is 2.